The van der Waals surface area contributed by atoms with Crippen molar-refractivity contribution in [2.45, 2.75) is 5.75 Å². The minimum absolute atomic E-state index is 0.0195. The molecule has 0 aromatic heterocycles. The molecule has 1 aromatic rings. The van der Waals surface area contributed by atoms with Crippen molar-refractivity contribution in [1.29, 1.82) is 0 Å². The van der Waals surface area contributed by atoms with Gasteiger partial charge in [-0.05, 0) is 17.7 Å². The Hall–Kier alpha value is -1.27. The number of halogens is 1. The molecule has 1 rings (SSSR count). The number of ether oxygens (including phenoxy) is 2. The highest BCUT2D eigenvalue weighted by Gasteiger charge is 2.05. The van der Waals surface area contributed by atoms with Gasteiger partial charge in [0.2, 0.25) is 0 Å². The first kappa shape index (κ1) is 13.8. The lowest BCUT2D eigenvalue weighted by molar-refractivity contribution is -0.133. The molecule has 1 aromatic carbocycles. The molecule has 0 unspecified atom stereocenters. The SMILES string of the molecule is COCOc1cc(CSCC(=O)O)ccc1F. The van der Waals surface area contributed by atoms with E-state index in [1.807, 2.05) is 0 Å². The first-order valence-electron chi connectivity index (χ1n) is 4.83. The maximum absolute atomic E-state index is 13.3. The number of carboxylic acid groups (broad SMARTS) is 1. The molecule has 0 spiro atoms. The van der Waals surface area contributed by atoms with Crippen molar-refractivity contribution in [3.8, 4) is 5.75 Å². The summed E-state index contributed by atoms with van der Waals surface area (Å²) in [6.07, 6.45) is 0. The molecule has 0 saturated heterocycles. The van der Waals surface area contributed by atoms with E-state index in [0.717, 1.165) is 5.56 Å². The van der Waals surface area contributed by atoms with Crippen molar-refractivity contribution in [3.05, 3.63) is 29.6 Å². The summed E-state index contributed by atoms with van der Waals surface area (Å²) >= 11 is 1.24. The number of hydrogen-bond donors (Lipinski definition) is 1. The lowest BCUT2D eigenvalue weighted by atomic mass is 10.2. The average molecular weight is 260 g/mol. The molecule has 0 heterocycles. The van der Waals surface area contributed by atoms with Gasteiger partial charge in [-0.25, -0.2) is 4.39 Å². The number of hydrogen-bond acceptors (Lipinski definition) is 4. The third-order valence-electron chi connectivity index (χ3n) is 1.82. The molecule has 17 heavy (non-hydrogen) atoms. The highest BCUT2D eigenvalue weighted by atomic mass is 32.2. The van der Waals surface area contributed by atoms with Gasteiger partial charge < -0.3 is 14.6 Å². The van der Waals surface area contributed by atoms with E-state index in [1.165, 1.54) is 24.9 Å². The fourth-order valence-electron chi connectivity index (χ4n) is 1.13. The normalized spacial score (nSPS) is 10.2. The van der Waals surface area contributed by atoms with Crippen LogP contribution >= 0.6 is 11.8 Å². The Bertz CT molecular complexity index is 384. The predicted octanol–water partition coefficient (Wildman–Crippen LogP) is 2.13. The van der Waals surface area contributed by atoms with Crippen LogP contribution in [0.15, 0.2) is 18.2 Å². The molecule has 0 atom stereocenters. The highest BCUT2D eigenvalue weighted by Crippen LogP contribution is 2.21. The number of carboxylic acids is 1. The second kappa shape index (κ2) is 7.13. The Morgan fingerprint density at radius 3 is 2.94 bits per heavy atom. The molecular weight excluding hydrogens is 247 g/mol. The van der Waals surface area contributed by atoms with Crippen LogP contribution in [0, 0.1) is 5.82 Å². The summed E-state index contributed by atoms with van der Waals surface area (Å²) in [4.78, 5) is 10.3. The fourth-order valence-corrected chi connectivity index (χ4v) is 1.82. The molecule has 0 aliphatic heterocycles. The van der Waals surface area contributed by atoms with Crippen LogP contribution in [-0.4, -0.2) is 30.7 Å². The summed E-state index contributed by atoms with van der Waals surface area (Å²) in [7, 11) is 1.45. The van der Waals surface area contributed by atoms with E-state index < -0.39 is 11.8 Å². The van der Waals surface area contributed by atoms with Crippen LogP contribution in [0.4, 0.5) is 4.39 Å². The van der Waals surface area contributed by atoms with Crippen LogP contribution in [0.3, 0.4) is 0 Å². The van der Waals surface area contributed by atoms with E-state index in [-0.39, 0.29) is 18.3 Å². The predicted molar refractivity (Wildman–Crippen MR) is 62.7 cm³/mol. The van der Waals surface area contributed by atoms with E-state index in [9.17, 15) is 9.18 Å². The van der Waals surface area contributed by atoms with Gasteiger partial charge in [0.25, 0.3) is 0 Å². The van der Waals surface area contributed by atoms with Gasteiger partial charge in [0.15, 0.2) is 18.4 Å². The first-order valence-corrected chi connectivity index (χ1v) is 5.98. The summed E-state index contributed by atoms with van der Waals surface area (Å²) in [5, 5.41) is 8.48. The topological polar surface area (TPSA) is 55.8 Å². The molecule has 0 aliphatic rings. The lowest BCUT2D eigenvalue weighted by Gasteiger charge is -2.07. The van der Waals surface area contributed by atoms with Crippen molar-refractivity contribution < 1.29 is 23.8 Å². The van der Waals surface area contributed by atoms with Gasteiger partial charge in [0.1, 0.15) is 0 Å². The number of aliphatic carboxylic acids is 1. The number of methoxy groups -OCH3 is 1. The summed E-state index contributed by atoms with van der Waals surface area (Å²) in [6, 6.07) is 4.44. The van der Waals surface area contributed by atoms with Crippen molar-refractivity contribution >= 4 is 17.7 Å². The average Bonchev–Trinajstić information content (AvgIpc) is 2.29. The Labute approximate surface area is 103 Å². The third kappa shape index (κ3) is 5.06. The van der Waals surface area contributed by atoms with Crippen molar-refractivity contribution in [1.82, 2.24) is 0 Å². The molecule has 0 aliphatic carbocycles. The monoisotopic (exact) mass is 260 g/mol. The Kier molecular flexibility index (Phi) is 5.79. The van der Waals surface area contributed by atoms with E-state index in [4.69, 9.17) is 9.84 Å². The van der Waals surface area contributed by atoms with Crippen molar-refractivity contribution in [2.75, 3.05) is 19.7 Å². The molecule has 1 N–H and O–H groups in total. The maximum Gasteiger partial charge on any atom is 0.313 e. The number of rotatable bonds is 7. The van der Waals surface area contributed by atoms with Crippen molar-refractivity contribution in [2.24, 2.45) is 0 Å². The summed E-state index contributed by atoms with van der Waals surface area (Å²) in [5.74, 6) is -0.705. The number of benzene rings is 1. The van der Waals surface area contributed by atoms with Crippen LogP contribution in [0.1, 0.15) is 5.56 Å². The van der Waals surface area contributed by atoms with Gasteiger partial charge in [0.05, 0.1) is 5.75 Å². The maximum atomic E-state index is 13.3. The summed E-state index contributed by atoms with van der Waals surface area (Å²) in [5.41, 5.74) is 0.809. The molecule has 4 nitrogen and oxygen atoms in total. The Morgan fingerprint density at radius 1 is 1.53 bits per heavy atom. The quantitative estimate of drug-likeness (QED) is 0.761. The molecule has 0 bridgehead atoms. The minimum Gasteiger partial charge on any atom is -0.481 e. The molecule has 0 amide bonds. The van der Waals surface area contributed by atoms with Gasteiger partial charge in [-0.3, -0.25) is 4.79 Å². The van der Waals surface area contributed by atoms with Gasteiger partial charge >= 0.3 is 5.97 Å². The molecular formula is C11H13FO4S. The molecule has 0 radical (unpaired) electrons. The van der Waals surface area contributed by atoms with Gasteiger partial charge in [-0.15, -0.1) is 11.8 Å². The van der Waals surface area contributed by atoms with Gasteiger partial charge in [-0.2, -0.15) is 0 Å². The van der Waals surface area contributed by atoms with E-state index in [1.54, 1.807) is 12.1 Å². The lowest BCUT2D eigenvalue weighted by Crippen LogP contribution is -2.02. The molecule has 6 heteroatoms. The summed E-state index contributed by atoms with van der Waals surface area (Å²) in [6.45, 7) is -0.0252. The van der Waals surface area contributed by atoms with Crippen LogP contribution in [-0.2, 0) is 15.3 Å². The third-order valence-corrected chi connectivity index (χ3v) is 2.81. The largest absolute Gasteiger partial charge is 0.481 e. The number of thioether (sulfide) groups is 1. The molecule has 0 fully saturated rings. The van der Waals surface area contributed by atoms with Gasteiger partial charge in [0, 0.05) is 12.9 Å². The minimum atomic E-state index is -0.868. The number of carbonyl (C=O) groups is 1. The zero-order valence-electron chi connectivity index (χ0n) is 9.31. The Morgan fingerprint density at radius 2 is 2.29 bits per heavy atom. The second-order valence-electron chi connectivity index (χ2n) is 3.20. The van der Waals surface area contributed by atoms with Crippen LogP contribution < -0.4 is 4.74 Å². The zero-order valence-corrected chi connectivity index (χ0v) is 10.1. The van der Waals surface area contributed by atoms with Crippen LogP contribution in [0.5, 0.6) is 5.75 Å². The smallest absolute Gasteiger partial charge is 0.313 e. The van der Waals surface area contributed by atoms with Crippen LogP contribution in [0.25, 0.3) is 0 Å². The van der Waals surface area contributed by atoms with E-state index in [2.05, 4.69) is 4.74 Å². The van der Waals surface area contributed by atoms with E-state index >= 15 is 0 Å². The standard InChI is InChI=1S/C11H13FO4S/c1-15-7-16-10-4-8(2-3-9(10)12)5-17-6-11(13)14/h2-4H,5-7H2,1H3,(H,13,14). The molecule has 0 saturated carbocycles. The zero-order chi connectivity index (χ0) is 12.7. The van der Waals surface area contributed by atoms with Crippen molar-refractivity contribution in [3.63, 3.8) is 0 Å². The summed E-state index contributed by atoms with van der Waals surface area (Å²) < 4.78 is 23.0. The molecule has 94 valence electrons. The highest BCUT2D eigenvalue weighted by molar-refractivity contribution is 7.99. The first-order chi connectivity index (χ1) is 8.13. The van der Waals surface area contributed by atoms with Crippen LogP contribution in [0.2, 0.25) is 0 Å². The fraction of sp³-hybridized carbons (Fsp3) is 0.364. The van der Waals surface area contributed by atoms with E-state index in [0.29, 0.717) is 5.75 Å². The van der Waals surface area contributed by atoms with Gasteiger partial charge in [-0.1, -0.05) is 6.07 Å². The Balaban J connectivity index is 2.58. The second-order valence-corrected chi connectivity index (χ2v) is 4.19.